The average Bonchev–Trinajstić information content (AvgIpc) is 2.49. The Hall–Kier alpha value is -1.91. The molecule has 21 heavy (non-hydrogen) atoms. The summed E-state index contributed by atoms with van der Waals surface area (Å²) in [5.74, 6) is 1.52. The molecule has 0 bridgehead atoms. The molecule has 0 aliphatic heterocycles. The van der Waals surface area contributed by atoms with E-state index < -0.39 is 0 Å². The molecule has 2 aromatic carbocycles. The zero-order valence-electron chi connectivity index (χ0n) is 11.6. The van der Waals surface area contributed by atoms with E-state index in [4.69, 9.17) is 10.5 Å². The molecular weight excluding hydrogens is 328 g/mol. The van der Waals surface area contributed by atoms with Crippen LogP contribution in [-0.2, 0) is 0 Å². The number of aromatic nitrogens is 1. The Morgan fingerprint density at radius 1 is 1.14 bits per heavy atom. The molecule has 0 unspecified atom stereocenters. The molecule has 0 aliphatic carbocycles. The first-order valence-corrected chi connectivity index (χ1v) is 7.50. The predicted molar refractivity (Wildman–Crippen MR) is 88.6 cm³/mol. The SMILES string of the molecule is C[C@H](N)c1ccc(Oc2ccc3cccnc3c2)c(Br)c1. The van der Waals surface area contributed by atoms with Crippen molar-refractivity contribution in [2.75, 3.05) is 0 Å². The lowest BCUT2D eigenvalue weighted by Crippen LogP contribution is -2.04. The molecule has 1 atom stereocenters. The molecule has 0 saturated heterocycles. The van der Waals surface area contributed by atoms with Gasteiger partial charge in [0.05, 0.1) is 9.99 Å². The molecule has 1 aromatic heterocycles. The number of pyridine rings is 1. The van der Waals surface area contributed by atoms with Crippen molar-refractivity contribution in [3.63, 3.8) is 0 Å². The first kappa shape index (κ1) is 14.0. The lowest BCUT2D eigenvalue weighted by molar-refractivity contribution is 0.480. The highest BCUT2D eigenvalue weighted by Crippen LogP contribution is 2.32. The summed E-state index contributed by atoms with van der Waals surface area (Å²) in [4.78, 5) is 4.33. The highest BCUT2D eigenvalue weighted by Gasteiger charge is 2.07. The third-order valence-corrected chi connectivity index (χ3v) is 3.91. The van der Waals surface area contributed by atoms with E-state index in [1.807, 2.05) is 55.5 Å². The predicted octanol–water partition coefficient (Wildman–Crippen LogP) is 4.81. The average molecular weight is 343 g/mol. The fraction of sp³-hybridized carbons (Fsp3) is 0.118. The molecule has 0 fully saturated rings. The van der Waals surface area contributed by atoms with Gasteiger partial charge < -0.3 is 10.5 Å². The number of nitrogens with two attached hydrogens (primary N) is 1. The quantitative estimate of drug-likeness (QED) is 0.742. The number of halogens is 1. The van der Waals surface area contributed by atoms with Crippen molar-refractivity contribution in [2.45, 2.75) is 13.0 Å². The van der Waals surface area contributed by atoms with Crippen molar-refractivity contribution in [3.8, 4) is 11.5 Å². The van der Waals surface area contributed by atoms with Crippen molar-refractivity contribution in [1.82, 2.24) is 4.98 Å². The van der Waals surface area contributed by atoms with Crippen LogP contribution in [0.25, 0.3) is 10.9 Å². The van der Waals surface area contributed by atoms with Gasteiger partial charge in [0.15, 0.2) is 0 Å². The summed E-state index contributed by atoms with van der Waals surface area (Å²) in [6.45, 7) is 1.96. The summed E-state index contributed by atoms with van der Waals surface area (Å²) in [6, 6.07) is 15.7. The molecule has 3 aromatic rings. The van der Waals surface area contributed by atoms with Crippen LogP contribution in [0.3, 0.4) is 0 Å². The van der Waals surface area contributed by atoms with Gasteiger partial charge in [0.25, 0.3) is 0 Å². The molecular formula is C17H15BrN2O. The Balaban J connectivity index is 1.91. The number of ether oxygens (including phenoxy) is 1. The fourth-order valence-corrected chi connectivity index (χ4v) is 2.60. The van der Waals surface area contributed by atoms with E-state index in [0.717, 1.165) is 32.4 Å². The van der Waals surface area contributed by atoms with Crippen LogP contribution in [0.15, 0.2) is 59.2 Å². The second kappa shape index (κ2) is 5.84. The summed E-state index contributed by atoms with van der Waals surface area (Å²) in [5.41, 5.74) is 7.86. The summed E-state index contributed by atoms with van der Waals surface area (Å²) < 4.78 is 6.81. The van der Waals surface area contributed by atoms with Gasteiger partial charge in [0, 0.05) is 23.7 Å². The van der Waals surface area contributed by atoms with E-state index in [-0.39, 0.29) is 6.04 Å². The first-order valence-electron chi connectivity index (χ1n) is 6.71. The Bertz CT molecular complexity index is 787. The third kappa shape index (κ3) is 3.06. The number of rotatable bonds is 3. The third-order valence-electron chi connectivity index (χ3n) is 3.29. The zero-order chi connectivity index (χ0) is 14.8. The normalized spacial score (nSPS) is 12.3. The molecule has 0 saturated carbocycles. The highest BCUT2D eigenvalue weighted by atomic mass is 79.9. The van der Waals surface area contributed by atoms with E-state index in [0.29, 0.717) is 0 Å². The van der Waals surface area contributed by atoms with Gasteiger partial charge >= 0.3 is 0 Å². The number of fused-ring (bicyclic) bond motifs is 1. The minimum absolute atomic E-state index is 0.000203. The maximum Gasteiger partial charge on any atom is 0.141 e. The number of hydrogen-bond acceptors (Lipinski definition) is 3. The number of benzene rings is 2. The van der Waals surface area contributed by atoms with E-state index in [1.165, 1.54) is 0 Å². The molecule has 0 amide bonds. The van der Waals surface area contributed by atoms with Gasteiger partial charge in [0.1, 0.15) is 11.5 Å². The summed E-state index contributed by atoms with van der Waals surface area (Å²) in [6.07, 6.45) is 1.78. The monoisotopic (exact) mass is 342 g/mol. The molecule has 106 valence electrons. The van der Waals surface area contributed by atoms with Crippen LogP contribution in [0.4, 0.5) is 0 Å². The van der Waals surface area contributed by atoms with E-state index >= 15 is 0 Å². The molecule has 3 rings (SSSR count). The molecule has 2 N–H and O–H groups in total. The van der Waals surface area contributed by atoms with Crippen molar-refractivity contribution in [1.29, 1.82) is 0 Å². The topological polar surface area (TPSA) is 48.1 Å². The van der Waals surface area contributed by atoms with Gasteiger partial charge in [-0.1, -0.05) is 12.1 Å². The lowest BCUT2D eigenvalue weighted by atomic mass is 10.1. The van der Waals surface area contributed by atoms with Crippen LogP contribution in [0, 0.1) is 0 Å². The Morgan fingerprint density at radius 2 is 2.00 bits per heavy atom. The Kier molecular flexibility index (Phi) is 3.90. The van der Waals surface area contributed by atoms with Crippen LogP contribution in [0.5, 0.6) is 11.5 Å². The maximum absolute atomic E-state index is 5.92. The largest absolute Gasteiger partial charge is 0.456 e. The standard InChI is InChI=1S/C17H15BrN2O/c1-11(19)13-5-7-17(15(18)9-13)21-14-6-4-12-3-2-8-20-16(12)10-14/h2-11H,19H2,1H3/t11-/m0/s1. The molecule has 3 nitrogen and oxygen atoms in total. The molecule has 0 radical (unpaired) electrons. The molecule has 0 aliphatic rings. The van der Waals surface area contributed by atoms with Crippen LogP contribution in [0.2, 0.25) is 0 Å². The van der Waals surface area contributed by atoms with Crippen LogP contribution in [-0.4, -0.2) is 4.98 Å². The summed E-state index contributed by atoms with van der Waals surface area (Å²) in [5, 5.41) is 1.09. The number of nitrogens with zero attached hydrogens (tertiary/aromatic N) is 1. The minimum Gasteiger partial charge on any atom is -0.456 e. The van der Waals surface area contributed by atoms with Gasteiger partial charge in [-0.05, 0) is 58.7 Å². The number of hydrogen-bond donors (Lipinski definition) is 1. The van der Waals surface area contributed by atoms with E-state index in [2.05, 4.69) is 20.9 Å². The van der Waals surface area contributed by atoms with E-state index in [1.54, 1.807) is 6.20 Å². The van der Waals surface area contributed by atoms with Crippen molar-refractivity contribution in [2.24, 2.45) is 5.73 Å². The van der Waals surface area contributed by atoms with Crippen LogP contribution < -0.4 is 10.5 Å². The molecule has 1 heterocycles. The Morgan fingerprint density at radius 3 is 2.76 bits per heavy atom. The lowest BCUT2D eigenvalue weighted by Gasteiger charge is -2.11. The van der Waals surface area contributed by atoms with Crippen molar-refractivity contribution < 1.29 is 4.74 Å². The smallest absolute Gasteiger partial charge is 0.141 e. The van der Waals surface area contributed by atoms with Crippen molar-refractivity contribution >= 4 is 26.8 Å². The first-order chi connectivity index (χ1) is 10.1. The van der Waals surface area contributed by atoms with Crippen LogP contribution >= 0.6 is 15.9 Å². The summed E-state index contributed by atoms with van der Waals surface area (Å²) >= 11 is 3.53. The van der Waals surface area contributed by atoms with Gasteiger partial charge in [-0.25, -0.2) is 0 Å². The fourth-order valence-electron chi connectivity index (χ4n) is 2.12. The molecule has 0 spiro atoms. The maximum atomic E-state index is 5.92. The van der Waals surface area contributed by atoms with Gasteiger partial charge in [0.2, 0.25) is 0 Å². The minimum atomic E-state index is 0.000203. The van der Waals surface area contributed by atoms with Gasteiger partial charge in [-0.3, -0.25) is 4.98 Å². The van der Waals surface area contributed by atoms with Crippen molar-refractivity contribution in [3.05, 3.63) is 64.8 Å². The zero-order valence-corrected chi connectivity index (χ0v) is 13.2. The highest BCUT2D eigenvalue weighted by molar-refractivity contribution is 9.10. The van der Waals surface area contributed by atoms with Gasteiger partial charge in [-0.2, -0.15) is 0 Å². The second-order valence-corrected chi connectivity index (χ2v) is 5.79. The summed E-state index contributed by atoms with van der Waals surface area (Å²) in [7, 11) is 0. The molecule has 4 heteroatoms. The second-order valence-electron chi connectivity index (χ2n) is 4.94. The van der Waals surface area contributed by atoms with E-state index in [9.17, 15) is 0 Å². The van der Waals surface area contributed by atoms with Crippen LogP contribution in [0.1, 0.15) is 18.5 Å². The van der Waals surface area contributed by atoms with Gasteiger partial charge in [-0.15, -0.1) is 0 Å². The Labute approximate surface area is 131 Å².